The summed E-state index contributed by atoms with van der Waals surface area (Å²) < 4.78 is 11.7. The van der Waals surface area contributed by atoms with E-state index in [1.165, 1.54) is 0 Å². The molecule has 210 valence electrons. The standard InChI is InChI=1S/C33H44N2O4/c1-7-10-13-22(9-3)32(37)35-26-15-12-11-14-24(26)34-25-20-33(4,5)21-27(36)30(25)31(35)23-16-17-28(39-18-8-2)29(19-23)38-6/h11-12,14-17,19,22,31,34H,7-10,13,18,20-21H2,1-6H3/t22-,31+/m0/s1. The van der Waals surface area contributed by atoms with E-state index in [1.807, 2.05) is 47.4 Å². The Morgan fingerprint density at radius 1 is 1.08 bits per heavy atom. The molecule has 0 saturated heterocycles. The molecule has 0 radical (unpaired) electrons. The number of hydrogen-bond donors (Lipinski definition) is 1. The maximum atomic E-state index is 14.5. The van der Waals surface area contributed by atoms with Gasteiger partial charge in [0, 0.05) is 23.6 Å². The minimum Gasteiger partial charge on any atom is -0.493 e. The SMILES string of the molecule is CCCC[C@H](CC)C(=O)N1c2ccccc2NC2=C(C(=O)CC(C)(C)C2)[C@H]1c1ccc(OCCC)c(OC)c1. The van der Waals surface area contributed by atoms with Gasteiger partial charge < -0.3 is 14.8 Å². The number of nitrogens with zero attached hydrogens (tertiary/aromatic N) is 1. The van der Waals surface area contributed by atoms with Gasteiger partial charge in [-0.3, -0.25) is 14.5 Å². The van der Waals surface area contributed by atoms with Crippen LogP contribution in [0.25, 0.3) is 0 Å². The number of fused-ring (bicyclic) bond motifs is 1. The number of hydrogen-bond acceptors (Lipinski definition) is 5. The molecule has 1 aliphatic heterocycles. The monoisotopic (exact) mass is 532 g/mol. The molecule has 6 heteroatoms. The van der Waals surface area contributed by atoms with E-state index in [0.717, 1.165) is 61.2 Å². The zero-order valence-corrected chi connectivity index (χ0v) is 24.4. The molecular weight excluding hydrogens is 488 g/mol. The fourth-order valence-corrected chi connectivity index (χ4v) is 5.88. The van der Waals surface area contributed by atoms with Gasteiger partial charge in [-0.2, -0.15) is 0 Å². The normalized spacial score (nSPS) is 19.0. The van der Waals surface area contributed by atoms with Crippen molar-refractivity contribution in [3.8, 4) is 11.5 Å². The number of amides is 1. The molecule has 1 N–H and O–H groups in total. The molecule has 6 nitrogen and oxygen atoms in total. The lowest BCUT2D eigenvalue weighted by Crippen LogP contribution is -2.42. The smallest absolute Gasteiger partial charge is 0.231 e. The fourth-order valence-electron chi connectivity index (χ4n) is 5.88. The molecule has 2 aromatic rings. The molecule has 1 amide bonds. The Balaban J connectivity index is 1.96. The van der Waals surface area contributed by atoms with E-state index in [9.17, 15) is 9.59 Å². The summed E-state index contributed by atoms with van der Waals surface area (Å²) in [6.45, 7) is 11.1. The molecule has 39 heavy (non-hydrogen) atoms. The number of allylic oxidation sites excluding steroid dienone is 1. The van der Waals surface area contributed by atoms with Gasteiger partial charge in [0.1, 0.15) is 0 Å². The van der Waals surface area contributed by atoms with Crippen LogP contribution in [0, 0.1) is 11.3 Å². The first-order chi connectivity index (χ1) is 18.7. The summed E-state index contributed by atoms with van der Waals surface area (Å²) in [5, 5.41) is 3.61. The molecular formula is C33H44N2O4. The van der Waals surface area contributed by atoms with Gasteiger partial charge in [-0.15, -0.1) is 0 Å². The number of methoxy groups -OCH3 is 1. The molecule has 0 fully saturated rings. The Kier molecular flexibility index (Phi) is 9.04. The number of ether oxygens (including phenoxy) is 2. The Morgan fingerprint density at radius 3 is 2.54 bits per heavy atom. The highest BCUT2D eigenvalue weighted by Gasteiger charge is 2.44. The van der Waals surface area contributed by atoms with Gasteiger partial charge in [0.25, 0.3) is 0 Å². The van der Waals surface area contributed by atoms with Crippen LogP contribution < -0.4 is 19.7 Å². The molecule has 2 aliphatic rings. The van der Waals surface area contributed by atoms with Crippen molar-refractivity contribution in [2.24, 2.45) is 11.3 Å². The maximum absolute atomic E-state index is 14.5. The Morgan fingerprint density at radius 2 is 1.85 bits per heavy atom. The van der Waals surface area contributed by atoms with Crippen LogP contribution in [0.4, 0.5) is 11.4 Å². The number of ketones is 1. The summed E-state index contributed by atoms with van der Waals surface area (Å²) in [4.78, 5) is 30.4. The largest absolute Gasteiger partial charge is 0.493 e. The molecule has 2 atom stereocenters. The number of para-hydroxylation sites is 2. The predicted molar refractivity (Wildman–Crippen MR) is 157 cm³/mol. The molecule has 0 saturated carbocycles. The van der Waals surface area contributed by atoms with Crippen molar-refractivity contribution in [2.75, 3.05) is 23.9 Å². The quantitative estimate of drug-likeness (QED) is 0.338. The number of benzene rings is 2. The molecule has 0 bridgehead atoms. The zero-order chi connectivity index (χ0) is 28.2. The summed E-state index contributed by atoms with van der Waals surface area (Å²) in [6.07, 6.45) is 5.63. The summed E-state index contributed by atoms with van der Waals surface area (Å²) >= 11 is 0. The van der Waals surface area contributed by atoms with Gasteiger partial charge in [0.15, 0.2) is 17.3 Å². The zero-order valence-electron chi connectivity index (χ0n) is 24.4. The van der Waals surface area contributed by atoms with Crippen molar-refractivity contribution >= 4 is 23.1 Å². The molecule has 2 aromatic carbocycles. The fraction of sp³-hybridized carbons (Fsp3) is 0.515. The number of rotatable bonds is 10. The number of carbonyl (C=O) groups is 2. The number of nitrogens with one attached hydrogen (secondary N) is 1. The van der Waals surface area contributed by atoms with Crippen LogP contribution >= 0.6 is 0 Å². The third-order valence-corrected chi connectivity index (χ3v) is 7.85. The summed E-state index contributed by atoms with van der Waals surface area (Å²) in [5.74, 6) is 1.26. The van der Waals surface area contributed by atoms with Gasteiger partial charge in [0.05, 0.1) is 31.1 Å². The third kappa shape index (κ3) is 6.00. The van der Waals surface area contributed by atoms with Gasteiger partial charge in [-0.05, 0) is 60.9 Å². The van der Waals surface area contributed by atoms with Gasteiger partial charge in [-0.1, -0.05) is 65.7 Å². The number of unbranched alkanes of at least 4 members (excludes halogenated alkanes) is 1. The van der Waals surface area contributed by atoms with Crippen LogP contribution in [-0.2, 0) is 9.59 Å². The molecule has 0 spiro atoms. The molecule has 1 heterocycles. The molecule has 4 rings (SSSR count). The number of carbonyl (C=O) groups excluding carboxylic acids is 2. The van der Waals surface area contributed by atoms with Crippen LogP contribution in [0.1, 0.15) is 91.2 Å². The lowest BCUT2D eigenvalue weighted by molar-refractivity contribution is -0.123. The highest BCUT2D eigenvalue weighted by molar-refractivity contribution is 6.07. The van der Waals surface area contributed by atoms with Gasteiger partial charge in [0.2, 0.25) is 5.91 Å². The van der Waals surface area contributed by atoms with E-state index in [4.69, 9.17) is 9.47 Å². The van der Waals surface area contributed by atoms with E-state index in [0.29, 0.717) is 30.1 Å². The van der Waals surface area contributed by atoms with E-state index in [1.54, 1.807) is 7.11 Å². The molecule has 1 aliphatic carbocycles. The Hall–Kier alpha value is -3.28. The third-order valence-electron chi connectivity index (χ3n) is 7.85. The summed E-state index contributed by atoms with van der Waals surface area (Å²) in [5.41, 5.74) is 3.89. The van der Waals surface area contributed by atoms with Crippen molar-refractivity contribution in [1.29, 1.82) is 0 Å². The Labute approximate surface area is 233 Å². The van der Waals surface area contributed by atoms with Crippen LogP contribution in [0.5, 0.6) is 11.5 Å². The second-order valence-corrected chi connectivity index (χ2v) is 11.6. The van der Waals surface area contributed by atoms with Crippen molar-refractivity contribution in [1.82, 2.24) is 0 Å². The average molecular weight is 533 g/mol. The highest BCUT2D eigenvalue weighted by Crippen LogP contribution is 2.49. The predicted octanol–water partition coefficient (Wildman–Crippen LogP) is 7.84. The number of Topliss-reactive ketones (excluding diaryl/α,β-unsaturated/α-hetero) is 1. The van der Waals surface area contributed by atoms with Crippen molar-refractivity contribution in [2.45, 2.75) is 85.6 Å². The minimum absolute atomic E-state index is 0.0573. The van der Waals surface area contributed by atoms with Crippen molar-refractivity contribution in [3.05, 3.63) is 59.3 Å². The minimum atomic E-state index is -0.572. The van der Waals surface area contributed by atoms with Crippen molar-refractivity contribution in [3.63, 3.8) is 0 Å². The van der Waals surface area contributed by atoms with Crippen LogP contribution in [0.2, 0.25) is 0 Å². The lowest BCUT2D eigenvalue weighted by atomic mass is 9.73. The summed E-state index contributed by atoms with van der Waals surface area (Å²) in [6, 6.07) is 13.2. The van der Waals surface area contributed by atoms with E-state index in [-0.39, 0.29) is 23.0 Å². The lowest BCUT2D eigenvalue weighted by Gasteiger charge is -2.38. The highest BCUT2D eigenvalue weighted by atomic mass is 16.5. The first-order valence-electron chi connectivity index (χ1n) is 14.5. The second kappa shape index (κ2) is 12.3. The topological polar surface area (TPSA) is 67.9 Å². The van der Waals surface area contributed by atoms with Crippen LogP contribution in [-0.4, -0.2) is 25.4 Å². The van der Waals surface area contributed by atoms with Gasteiger partial charge in [-0.25, -0.2) is 0 Å². The Bertz CT molecular complexity index is 1230. The van der Waals surface area contributed by atoms with Gasteiger partial charge >= 0.3 is 0 Å². The first-order valence-corrected chi connectivity index (χ1v) is 14.5. The van der Waals surface area contributed by atoms with E-state index in [2.05, 4.69) is 39.9 Å². The van der Waals surface area contributed by atoms with Crippen LogP contribution in [0.15, 0.2) is 53.7 Å². The maximum Gasteiger partial charge on any atom is 0.231 e. The van der Waals surface area contributed by atoms with E-state index >= 15 is 0 Å². The van der Waals surface area contributed by atoms with Crippen LogP contribution in [0.3, 0.4) is 0 Å². The average Bonchev–Trinajstić information content (AvgIpc) is 3.05. The summed E-state index contributed by atoms with van der Waals surface area (Å²) in [7, 11) is 1.63. The molecule has 0 unspecified atom stereocenters. The van der Waals surface area contributed by atoms with Crippen molar-refractivity contribution < 1.29 is 19.1 Å². The number of anilines is 2. The van der Waals surface area contributed by atoms with E-state index < -0.39 is 6.04 Å². The second-order valence-electron chi connectivity index (χ2n) is 11.6. The molecule has 0 aromatic heterocycles. The first kappa shape index (κ1) is 28.7.